The first-order valence-corrected chi connectivity index (χ1v) is 9.72. The number of sulfonamides is 1. The molecule has 0 bridgehead atoms. The first kappa shape index (κ1) is 17.9. The number of fused-ring (bicyclic) bond motifs is 1. The van der Waals surface area contributed by atoms with Crippen LogP contribution < -0.4 is 10.5 Å². The van der Waals surface area contributed by atoms with Crippen molar-refractivity contribution < 1.29 is 16.8 Å². The minimum absolute atomic E-state index is 0. The largest absolute Gasteiger partial charge is 0.310 e. The van der Waals surface area contributed by atoms with Crippen LogP contribution in [0.25, 0.3) is 0 Å². The van der Waals surface area contributed by atoms with Crippen molar-refractivity contribution in [2.24, 2.45) is 5.14 Å². The van der Waals surface area contributed by atoms with E-state index in [1.165, 1.54) is 6.07 Å². The average Bonchev–Trinajstić information content (AvgIpc) is 2.72. The van der Waals surface area contributed by atoms with Gasteiger partial charge in [0.2, 0.25) is 10.0 Å². The molecule has 1 aliphatic heterocycles. The standard InChI is InChI=1S/C10H16N2O4S3.ClH/c1-3-12-8-4-6(2)18(13,14)10-7(8)5-9(17-10)19(11,15)16;/h5-6,8,12H,3-4H2,1-2H3,(H2,11,15,16);1H/t6?,8-;/m0./s1. The number of primary sulfonamides is 1. The van der Waals surface area contributed by atoms with Gasteiger partial charge in [-0.05, 0) is 26.0 Å². The third-order valence-corrected chi connectivity index (χ3v) is 8.48. The number of sulfone groups is 1. The Bertz CT molecular complexity index is 696. The highest BCUT2D eigenvalue weighted by Gasteiger charge is 2.39. The molecule has 10 heteroatoms. The summed E-state index contributed by atoms with van der Waals surface area (Å²) in [5.74, 6) is 0. The van der Waals surface area contributed by atoms with Gasteiger partial charge in [-0.3, -0.25) is 0 Å². The third kappa shape index (κ3) is 3.02. The Labute approximate surface area is 129 Å². The maximum absolute atomic E-state index is 12.2. The zero-order valence-electron chi connectivity index (χ0n) is 11.0. The second-order valence-corrected chi connectivity index (χ2v) is 9.96. The van der Waals surface area contributed by atoms with E-state index in [-0.39, 0.29) is 26.9 Å². The number of nitrogens with two attached hydrogens (primary N) is 1. The molecule has 0 saturated heterocycles. The van der Waals surface area contributed by atoms with Gasteiger partial charge in [0, 0.05) is 11.6 Å². The highest BCUT2D eigenvalue weighted by Crippen LogP contribution is 2.42. The SMILES string of the molecule is CCN[C@H]1CC(C)S(=O)(=O)c2sc(S(N)(=O)=O)cc21.Cl. The van der Waals surface area contributed by atoms with Crippen LogP contribution in [0.3, 0.4) is 0 Å². The molecule has 0 spiro atoms. The van der Waals surface area contributed by atoms with Gasteiger partial charge in [0.25, 0.3) is 0 Å². The van der Waals surface area contributed by atoms with Crippen LogP contribution in [0.5, 0.6) is 0 Å². The fourth-order valence-electron chi connectivity index (χ4n) is 2.18. The molecule has 2 heterocycles. The molecule has 116 valence electrons. The second kappa shape index (κ2) is 5.90. The van der Waals surface area contributed by atoms with Gasteiger partial charge >= 0.3 is 0 Å². The van der Waals surface area contributed by atoms with Crippen molar-refractivity contribution in [3.63, 3.8) is 0 Å². The average molecular weight is 361 g/mol. The summed E-state index contributed by atoms with van der Waals surface area (Å²) >= 11 is 0.742. The van der Waals surface area contributed by atoms with Gasteiger partial charge in [0.15, 0.2) is 9.84 Å². The summed E-state index contributed by atoms with van der Waals surface area (Å²) in [7, 11) is -7.33. The Hall–Kier alpha value is -0.190. The van der Waals surface area contributed by atoms with Crippen molar-refractivity contribution in [1.29, 1.82) is 0 Å². The summed E-state index contributed by atoms with van der Waals surface area (Å²) in [4.78, 5) is 0. The number of rotatable bonds is 3. The quantitative estimate of drug-likeness (QED) is 0.837. The first-order valence-electron chi connectivity index (χ1n) is 5.81. The molecule has 0 aromatic carbocycles. The van der Waals surface area contributed by atoms with E-state index in [1.54, 1.807) is 6.92 Å². The highest BCUT2D eigenvalue weighted by atomic mass is 35.5. The lowest BCUT2D eigenvalue weighted by Gasteiger charge is -2.27. The van der Waals surface area contributed by atoms with Crippen LogP contribution in [0.2, 0.25) is 0 Å². The summed E-state index contributed by atoms with van der Waals surface area (Å²) in [6.07, 6.45) is 0.434. The van der Waals surface area contributed by atoms with E-state index in [2.05, 4.69) is 5.32 Å². The topological polar surface area (TPSA) is 106 Å². The van der Waals surface area contributed by atoms with E-state index in [9.17, 15) is 16.8 Å². The minimum atomic E-state index is -3.88. The van der Waals surface area contributed by atoms with Crippen molar-refractivity contribution >= 4 is 43.6 Å². The molecule has 0 radical (unpaired) electrons. The van der Waals surface area contributed by atoms with Gasteiger partial charge in [-0.25, -0.2) is 22.0 Å². The van der Waals surface area contributed by atoms with Crippen molar-refractivity contribution in [3.05, 3.63) is 11.6 Å². The van der Waals surface area contributed by atoms with Crippen LogP contribution in [0.1, 0.15) is 31.9 Å². The third-order valence-electron chi connectivity index (χ3n) is 3.16. The van der Waals surface area contributed by atoms with Crippen molar-refractivity contribution in [2.45, 2.75) is 40.0 Å². The maximum Gasteiger partial charge on any atom is 0.247 e. The van der Waals surface area contributed by atoms with Crippen LogP contribution in [0.15, 0.2) is 14.5 Å². The Morgan fingerprint density at radius 3 is 2.60 bits per heavy atom. The van der Waals surface area contributed by atoms with Crippen molar-refractivity contribution in [3.8, 4) is 0 Å². The fraction of sp³-hybridized carbons (Fsp3) is 0.600. The molecule has 2 atom stereocenters. The van der Waals surface area contributed by atoms with Gasteiger partial charge in [-0.2, -0.15) is 0 Å². The lowest BCUT2D eigenvalue weighted by atomic mass is 10.1. The fourth-order valence-corrected chi connectivity index (χ4v) is 6.60. The summed E-state index contributed by atoms with van der Waals surface area (Å²) in [5.41, 5.74) is 0.522. The van der Waals surface area contributed by atoms with Gasteiger partial charge in [0.1, 0.15) is 8.42 Å². The van der Waals surface area contributed by atoms with E-state index >= 15 is 0 Å². The summed E-state index contributed by atoms with van der Waals surface area (Å²) in [5, 5.41) is 7.73. The molecule has 0 amide bonds. The normalized spacial score (nSPS) is 24.8. The monoisotopic (exact) mass is 360 g/mol. The molecule has 20 heavy (non-hydrogen) atoms. The number of nitrogens with one attached hydrogen (secondary N) is 1. The van der Waals surface area contributed by atoms with E-state index in [0.29, 0.717) is 18.5 Å². The molecule has 0 saturated carbocycles. The Morgan fingerprint density at radius 1 is 1.50 bits per heavy atom. The number of hydrogen-bond donors (Lipinski definition) is 2. The molecule has 0 fully saturated rings. The van der Waals surface area contributed by atoms with Gasteiger partial charge < -0.3 is 5.32 Å². The predicted molar refractivity (Wildman–Crippen MR) is 80.6 cm³/mol. The van der Waals surface area contributed by atoms with Crippen LogP contribution in [-0.2, 0) is 19.9 Å². The Balaban J connectivity index is 0.00000200. The first-order chi connectivity index (χ1) is 8.67. The molecule has 1 aromatic rings. The second-order valence-electron chi connectivity index (χ2n) is 4.55. The van der Waals surface area contributed by atoms with Gasteiger partial charge in [0.05, 0.1) is 5.25 Å². The van der Waals surface area contributed by atoms with Crippen LogP contribution in [-0.4, -0.2) is 28.6 Å². The minimum Gasteiger partial charge on any atom is -0.310 e. The number of hydrogen-bond acceptors (Lipinski definition) is 6. The van der Waals surface area contributed by atoms with Crippen LogP contribution in [0.4, 0.5) is 0 Å². The molecular formula is C10H17ClN2O4S3. The van der Waals surface area contributed by atoms with E-state index in [4.69, 9.17) is 5.14 Å². The molecule has 1 unspecified atom stereocenters. The molecule has 1 aliphatic rings. The van der Waals surface area contributed by atoms with E-state index in [0.717, 1.165) is 11.3 Å². The molecule has 3 N–H and O–H groups in total. The molecular weight excluding hydrogens is 344 g/mol. The van der Waals surface area contributed by atoms with Gasteiger partial charge in [-0.1, -0.05) is 6.92 Å². The summed E-state index contributed by atoms with van der Waals surface area (Å²) < 4.78 is 47.3. The Kier molecular flexibility index (Phi) is 5.27. The lowest BCUT2D eigenvalue weighted by Crippen LogP contribution is -2.33. The molecule has 1 aromatic heterocycles. The number of halogens is 1. The Morgan fingerprint density at radius 2 is 2.10 bits per heavy atom. The maximum atomic E-state index is 12.2. The van der Waals surface area contributed by atoms with Crippen molar-refractivity contribution in [2.75, 3.05) is 6.54 Å². The zero-order chi connectivity index (χ0) is 14.4. The lowest BCUT2D eigenvalue weighted by molar-refractivity contribution is 0.477. The number of thiophene rings is 1. The van der Waals surface area contributed by atoms with Crippen molar-refractivity contribution in [1.82, 2.24) is 5.32 Å². The smallest absolute Gasteiger partial charge is 0.247 e. The molecule has 6 nitrogen and oxygen atoms in total. The highest BCUT2D eigenvalue weighted by molar-refractivity contribution is 7.95. The van der Waals surface area contributed by atoms with Crippen LogP contribution in [0, 0.1) is 0 Å². The van der Waals surface area contributed by atoms with Gasteiger partial charge in [-0.15, -0.1) is 23.7 Å². The van der Waals surface area contributed by atoms with E-state index < -0.39 is 25.1 Å². The van der Waals surface area contributed by atoms with Crippen LogP contribution >= 0.6 is 23.7 Å². The zero-order valence-corrected chi connectivity index (χ0v) is 14.3. The van der Waals surface area contributed by atoms with E-state index in [1.807, 2.05) is 6.92 Å². The predicted octanol–water partition coefficient (Wildman–Crippen LogP) is 1.03. The summed E-state index contributed by atoms with van der Waals surface area (Å²) in [6.45, 7) is 4.23. The molecule has 0 aliphatic carbocycles. The molecule has 2 rings (SSSR count). The summed E-state index contributed by atoms with van der Waals surface area (Å²) in [6, 6.07) is 1.23.